The van der Waals surface area contributed by atoms with Gasteiger partial charge in [-0.2, -0.15) is 0 Å². The second-order valence-corrected chi connectivity index (χ2v) is 4.90. The second kappa shape index (κ2) is 6.86. The lowest BCUT2D eigenvalue weighted by molar-refractivity contribution is -0.143. The Hall–Kier alpha value is -0.610. The average molecular weight is 229 g/mol. The van der Waals surface area contributed by atoms with Crippen LogP contribution in [0.15, 0.2) is 0 Å². The molecule has 0 bridgehead atoms. The van der Waals surface area contributed by atoms with Crippen LogP contribution < -0.4 is 5.32 Å². The zero-order valence-corrected chi connectivity index (χ0v) is 9.98. The third kappa shape index (κ3) is 4.94. The van der Waals surface area contributed by atoms with Gasteiger partial charge in [0.1, 0.15) is 0 Å². The fourth-order valence-electron chi connectivity index (χ4n) is 2.23. The highest BCUT2D eigenvalue weighted by Gasteiger charge is 2.25. The summed E-state index contributed by atoms with van der Waals surface area (Å²) in [6, 6.07) is 0. The minimum atomic E-state index is -0.638. The molecule has 0 aliphatic heterocycles. The SMILES string of the molecule is CC(O)CCNCC1CCC(C(=O)O)CC1. The summed E-state index contributed by atoms with van der Waals surface area (Å²) in [5, 5.41) is 21.3. The first-order valence-electron chi connectivity index (χ1n) is 6.21. The van der Waals surface area contributed by atoms with Crippen LogP contribution in [0.4, 0.5) is 0 Å². The molecule has 94 valence electrons. The molecule has 1 rings (SSSR count). The Morgan fingerprint density at radius 3 is 2.50 bits per heavy atom. The number of carboxylic acid groups (broad SMARTS) is 1. The third-order valence-electron chi connectivity index (χ3n) is 3.37. The summed E-state index contributed by atoms with van der Waals surface area (Å²) in [6.45, 7) is 3.59. The van der Waals surface area contributed by atoms with Gasteiger partial charge in [0, 0.05) is 0 Å². The first-order chi connectivity index (χ1) is 7.59. The van der Waals surface area contributed by atoms with E-state index in [-0.39, 0.29) is 12.0 Å². The van der Waals surface area contributed by atoms with Crippen LogP contribution in [0.3, 0.4) is 0 Å². The fourth-order valence-corrected chi connectivity index (χ4v) is 2.23. The minimum Gasteiger partial charge on any atom is -0.481 e. The molecule has 0 heterocycles. The molecule has 0 saturated heterocycles. The van der Waals surface area contributed by atoms with Crippen molar-refractivity contribution in [3.05, 3.63) is 0 Å². The van der Waals surface area contributed by atoms with Crippen molar-refractivity contribution >= 4 is 5.97 Å². The smallest absolute Gasteiger partial charge is 0.306 e. The number of carbonyl (C=O) groups is 1. The molecule has 1 atom stereocenters. The van der Waals surface area contributed by atoms with Crippen LogP contribution >= 0.6 is 0 Å². The number of aliphatic hydroxyl groups excluding tert-OH is 1. The maximum atomic E-state index is 10.8. The zero-order valence-electron chi connectivity index (χ0n) is 9.98. The van der Waals surface area contributed by atoms with Crippen LogP contribution in [-0.2, 0) is 4.79 Å². The topological polar surface area (TPSA) is 69.6 Å². The first kappa shape index (κ1) is 13.5. The van der Waals surface area contributed by atoms with Crippen LogP contribution in [0.5, 0.6) is 0 Å². The quantitative estimate of drug-likeness (QED) is 0.599. The van der Waals surface area contributed by atoms with Crippen LogP contribution in [0, 0.1) is 11.8 Å². The Morgan fingerprint density at radius 2 is 2.00 bits per heavy atom. The van der Waals surface area contributed by atoms with E-state index in [2.05, 4.69) is 5.32 Å². The lowest BCUT2D eigenvalue weighted by atomic mass is 9.82. The molecule has 1 fully saturated rings. The predicted octanol–water partition coefficient (Wildman–Crippen LogP) is 1.24. The van der Waals surface area contributed by atoms with Crippen molar-refractivity contribution in [3.63, 3.8) is 0 Å². The minimum absolute atomic E-state index is 0.117. The number of aliphatic carboxylic acids is 1. The largest absolute Gasteiger partial charge is 0.481 e. The van der Waals surface area contributed by atoms with E-state index in [9.17, 15) is 4.79 Å². The van der Waals surface area contributed by atoms with Gasteiger partial charge in [0.25, 0.3) is 0 Å². The summed E-state index contributed by atoms with van der Waals surface area (Å²) in [5.41, 5.74) is 0. The fraction of sp³-hybridized carbons (Fsp3) is 0.917. The highest BCUT2D eigenvalue weighted by molar-refractivity contribution is 5.69. The van der Waals surface area contributed by atoms with Crippen LogP contribution in [0.1, 0.15) is 39.0 Å². The van der Waals surface area contributed by atoms with E-state index in [0.717, 1.165) is 45.2 Å². The van der Waals surface area contributed by atoms with E-state index in [1.54, 1.807) is 6.92 Å². The molecule has 0 aromatic rings. The van der Waals surface area contributed by atoms with Crippen molar-refractivity contribution in [2.24, 2.45) is 11.8 Å². The summed E-state index contributed by atoms with van der Waals surface area (Å²) in [5.74, 6) is -0.140. The van der Waals surface area contributed by atoms with Crippen molar-refractivity contribution in [2.45, 2.75) is 45.1 Å². The van der Waals surface area contributed by atoms with Gasteiger partial charge in [0.2, 0.25) is 0 Å². The summed E-state index contributed by atoms with van der Waals surface area (Å²) >= 11 is 0. The number of rotatable bonds is 6. The average Bonchev–Trinajstić information content (AvgIpc) is 2.25. The molecule has 3 N–H and O–H groups in total. The predicted molar refractivity (Wildman–Crippen MR) is 62.3 cm³/mol. The summed E-state index contributed by atoms with van der Waals surface area (Å²) in [7, 11) is 0. The van der Waals surface area contributed by atoms with Gasteiger partial charge in [-0.3, -0.25) is 4.79 Å². The molecule has 1 saturated carbocycles. The Kier molecular flexibility index (Phi) is 5.77. The normalized spacial score (nSPS) is 27.6. The molecule has 0 radical (unpaired) electrons. The Morgan fingerprint density at radius 1 is 1.38 bits per heavy atom. The van der Waals surface area contributed by atoms with Crippen molar-refractivity contribution in [3.8, 4) is 0 Å². The zero-order chi connectivity index (χ0) is 12.0. The lowest BCUT2D eigenvalue weighted by Crippen LogP contribution is -2.30. The van der Waals surface area contributed by atoms with E-state index in [1.165, 1.54) is 0 Å². The Labute approximate surface area is 97.0 Å². The van der Waals surface area contributed by atoms with Crippen molar-refractivity contribution < 1.29 is 15.0 Å². The van der Waals surface area contributed by atoms with Crippen LogP contribution in [0.25, 0.3) is 0 Å². The second-order valence-electron chi connectivity index (χ2n) is 4.90. The van der Waals surface area contributed by atoms with Gasteiger partial charge in [-0.05, 0) is 58.0 Å². The molecule has 1 aliphatic carbocycles. The van der Waals surface area contributed by atoms with E-state index >= 15 is 0 Å². The Balaban J connectivity index is 2.06. The maximum Gasteiger partial charge on any atom is 0.306 e. The number of nitrogens with one attached hydrogen (secondary N) is 1. The van der Waals surface area contributed by atoms with Crippen LogP contribution in [-0.4, -0.2) is 35.4 Å². The monoisotopic (exact) mass is 229 g/mol. The number of hydrogen-bond acceptors (Lipinski definition) is 3. The first-order valence-corrected chi connectivity index (χ1v) is 6.21. The molecule has 16 heavy (non-hydrogen) atoms. The molecule has 0 aromatic carbocycles. The summed E-state index contributed by atoms with van der Waals surface area (Å²) in [6.07, 6.45) is 4.20. The van der Waals surface area contributed by atoms with Gasteiger partial charge in [0.05, 0.1) is 12.0 Å². The molecular formula is C12H23NO3. The van der Waals surface area contributed by atoms with Crippen LogP contribution in [0.2, 0.25) is 0 Å². The lowest BCUT2D eigenvalue weighted by Gasteiger charge is -2.26. The highest BCUT2D eigenvalue weighted by Crippen LogP contribution is 2.28. The Bertz CT molecular complexity index is 210. The molecule has 1 aliphatic rings. The van der Waals surface area contributed by atoms with E-state index in [1.807, 2.05) is 0 Å². The van der Waals surface area contributed by atoms with Crippen molar-refractivity contribution in [1.29, 1.82) is 0 Å². The van der Waals surface area contributed by atoms with Gasteiger partial charge in [-0.15, -0.1) is 0 Å². The van der Waals surface area contributed by atoms with Gasteiger partial charge >= 0.3 is 5.97 Å². The molecular weight excluding hydrogens is 206 g/mol. The number of carboxylic acids is 1. The van der Waals surface area contributed by atoms with Gasteiger partial charge in [0.15, 0.2) is 0 Å². The van der Waals surface area contributed by atoms with Gasteiger partial charge in [-0.1, -0.05) is 0 Å². The maximum absolute atomic E-state index is 10.8. The van der Waals surface area contributed by atoms with E-state index in [0.29, 0.717) is 5.92 Å². The molecule has 0 spiro atoms. The van der Waals surface area contributed by atoms with Gasteiger partial charge in [-0.25, -0.2) is 0 Å². The molecule has 4 nitrogen and oxygen atoms in total. The van der Waals surface area contributed by atoms with Crippen molar-refractivity contribution in [2.75, 3.05) is 13.1 Å². The van der Waals surface area contributed by atoms with E-state index < -0.39 is 5.97 Å². The molecule has 1 unspecified atom stereocenters. The number of hydrogen-bond donors (Lipinski definition) is 3. The van der Waals surface area contributed by atoms with Gasteiger partial charge < -0.3 is 15.5 Å². The van der Waals surface area contributed by atoms with E-state index in [4.69, 9.17) is 10.2 Å². The number of aliphatic hydroxyl groups is 1. The molecule has 4 heteroatoms. The van der Waals surface area contributed by atoms with Crippen molar-refractivity contribution in [1.82, 2.24) is 5.32 Å². The molecule has 0 amide bonds. The standard InChI is InChI=1S/C12H23NO3/c1-9(14)6-7-13-8-10-2-4-11(5-3-10)12(15)16/h9-11,13-14H,2-8H2,1H3,(H,15,16). The summed E-state index contributed by atoms with van der Waals surface area (Å²) in [4.78, 5) is 10.8. The highest BCUT2D eigenvalue weighted by atomic mass is 16.4. The summed E-state index contributed by atoms with van der Waals surface area (Å²) < 4.78 is 0. The molecule has 0 aromatic heterocycles. The third-order valence-corrected chi connectivity index (χ3v) is 3.37.